The molecule has 0 unspecified atom stereocenters. The summed E-state index contributed by atoms with van der Waals surface area (Å²) < 4.78 is 0. The fraction of sp³-hybridized carbons (Fsp3) is 0.474. The maximum atomic E-state index is 12.4. The van der Waals surface area contributed by atoms with Crippen LogP contribution in [0.25, 0.3) is 5.70 Å². The van der Waals surface area contributed by atoms with Gasteiger partial charge in [0, 0.05) is 36.0 Å². The number of carbonyl (C=O) groups is 2. The minimum Gasteiger partial charge on any atom is -0.352 e. The van der Waals surface area contributed by atoms with E-state index in [2.05, 4.69) is 23.7 Å². The summed E-state index contributed by atoms with van der Waals surface area (Å²) in [5.74, 6) is -0.241. The standard InChI is InChI=1S/C19H25N3O2/c1-3-10-21-11-8-15(9-12-21)20-18(23)13-22-14(2)16-6-4-5-7-17(16)19(22)24/h4-7,15H,2-3,8-13H2,1H3,(H,20,23). The van der Waals surface area contributed by atoms with Gasteiger partial charge < -0.3 is 10.2 Å². The molecule has 2 aliphatic rings. The predicted molar refractivity (Wildman–Crippen MR) is 94.4 cm³/mol. The van der Waals surface area contributed by atoms with E-state index in [9.17, 15) is 9.59 Å². The molecule has 0 atom stereocenters. The molecule has 3 rings (SSSR count). The normalized spacial score (nSPS) is 18.8. The summed E-state index contributed by atoms with van der Waals surface area (Å²) in [7, 11) is 0. The van der Waals surface area contributed by atoms with Crippen LogP contribution in [0.1, 0.15) is 42.1 Å². The van der Waals surface area contributed by atoms with Gasteiger partial charge in [0.1, 0.15) is 6.54 Å². The van der Waals surface area contributed by atoms with Crippen molar-refractivity contribution in [2.24, 2.45) is 0 Å². The third kappa shape index (κ3) is 3.36. The van der Waals surface area contributed by atoms with Gasteiger partial charge in [0.2, 0.25) is 5.91 Å². The van der Waals surface area contributed by atoms with Gasteiger partial charge in [-0.1, -0.05) is 31.7 Å². The summed E-state index contributed by atoms with van der Waals surface area (Å²) >= 11 is 0. The number of benzene rings is 1. The van der Waals surface area contributed by atoms with E-state index in [0.29, 0.717) is 11.3 Å². The first kappa shape index (κ1) is 16.7. The molecule has 1 aromatic rings. The van der Waals surface area contributed by atoms with Gasteiger partial charge in [-0.3, -0.25) is 14.5 Å². The van der Waals surface area contributed by atoms with Crippen LogP contribution >= 0.6 is 0 Å². The van der Waals surface area contributed by atoms with Gasteiger partial charge in [0.15, 0.2) is 0 Å². The van der Waals surface area contributed by atoms with Crippen molar-refractivity contribution >= 4 is 17.5 Å². The summed E-state index contributed by atoms with van der Waals surface area (Å²) in [4.78, 5) is 28.7. The number of nitrogens with zero attached hydrogens (tertiary/aromatic N) is 2. The van der Waals surface area contributed by atoms with Gasteiger partial charge in [0.05, 0.1) is 0 Å². The Morgan fingerprint density at radius 3 is 2.54 bits per heavy atom. The fourth-order valence-corrected chi connectivity index (χ4v) is 3.54. The average molecular weight is 327 g/mol. The van der Waals surface area contributed by atoms with Crippen LogP contribution < -0.4 is 5.32 Å². The molecule has 24 heavy (non-hydrogen) atoms. The van der Waals surface area contributed by atoms with E-state index in [0.717, 1.165) is 44.5 Å². The highest BCUT2D eigenvalue weighted by Gasteiger charge is 2.32. The van der Waals surface area contributed by atoms with Crippen molar-refractivity contribution in [1.29, 1.82) is 0 Å². The molecule has 1 aromatic carbocycles. The van der Waals surface area contributed by atoms with E-state index in [1.165, 1.54) is 4.90 Å². The quantitative estimate of drug-likeness (QED) is 0.901. The topological polar surface area (TPSA) is 52.7 Å². The number of piperidine rings is 1. The highest BCUT2D eigenvalue weighted by molar-refractivity contribution is 6.10. The molecule has 0 aromatic heterocycles. The molecule has 0 spiro atoms. The summed E-state index contributed by atoms with van der Waals surface area (Å²) in [6.07, 6.45) is 3.11. The third-order valence-corrected chi connectivity index (χ3v) is 4.83. The fourth-order valence-electron chi connectivity index (χ4n) is 3.54. The van der Waals surface area contributed by atoms with Crippen LogP contribution in [0.5, 0.6) is 0 Å². The van der Waals surface area contributed by atoms with Gasteiger partial charge >= 0.3 is 0 Å². The lowest BCUT2D eigenvalue weighted by atomic mass is 10.0. The van der Waals surface area contributed by atoms with Crippen LogP contribution in [-0.4, -0.2) is 53.8 Å². The summed E-state index contributed by atoms with van der Waals surface area (Å²) in [6, 6.07) is 7.57. The van der Waals surface area contributed by atoms with E-state index in [1.54, 1.807) is 6.07 Å². The maximum absolute atomic E-state index is 12.4. The van der Waals surface area contributed by atoms with Crippen LogP contribution in [-0.2, 0) is 4.79 Å². The van der Waals surface area contributed by atoms with Gasteiger partial charge in [-0.25, -0.2) is 0 Å². The second-order valence-corrected chi connectivity index (χ2v) is 6.57. The first-order valence-corrected chi connectivity index (χ1v) is 8.72. The maximum Gasteiger partial charge on any atom is 0.259 e. The first-order chi connectivity index (χ1) is 11.6. The summed E-state index contributed by atoms with van der Waals surface area (Å²) in [6.45, 7) is 9.39. The van der Waals surface area contributed by atoms with Gasteiger partial charge in [-0.15, -0.1) is 0 Å². The monoisotopic (exact) mass is 327 g/mol. The van der Waals surface area contributed by atoms with E-state index < -0.39 is 0 Å². The lowest BCUT2D eigenvalue weighted by molar-refractivity contribution is -0.122. The van der Waals surface area contributed by atoms with Crippen LogP contribution in [0, 0.1) is 0 Å². The van der Waals surface area contributed by atoms with Crippen molar-refractivity contribution in [2.75, 3.05) is 26.2 Å². The highest BCUT2D eigenvalue weighted by Crippen LogP contribution is 2.30. The Labute approximate surface area is 143 Å². The number of hydrogen-bond acceptors (Lipinski definition) is 3. The number of nitrogens with one attached hydrogen (secondary N) is 1. The largest absolute Gasteiger partial charge is 0.352 e. The highest BCUT2D eigenvalue weighted by atomic mass is 16.2. The van der Waals surface area contributed by atoms with Crippen molar-refractivity contribution in [2.45, 2.75) is 32.2 Å². The molecule has 0 radical (unpaired) electrons. The van der Waals surface area contributed by atoms with Crippen LogP contribution in [0.3, 0.4) is 0 Å². The molecule has 2 aliphatic heterocycles. The zero-order valence-corrected chi connectivity index (χ0v) is 14.3. The van der Waals surface area contributed by atoms with Crippen LogP contribution in [0.15, 0.2) is 30.8 Å². The second-order valence-electron chi connectivity index (χ2n) is 6.57. The smallest absolute Gasteiger partial charge is 0.259 e. The Morgan fingerprint density at radius 2 is 1.92 bits per heavy atom. The molecule has 0 saturated carbocycles. The van der Waals surface area contributed by atoms with E-state index >= 15 is 0 Å². The molecule has 0 bridgehead atoms. The molecule has 5 heteroatoms. The number of carbonyl (C=O) groups excluding carboxylic acids is 2. The Hall–Kier alpha value is -2.14. The van der Waals surface area contributed by atoms with E-state index in [4.69, 9.17) is 0 Å². The number of likely N-dealkylation sites (tertiary alicyclic amines) is 1. The van der Waals surface area contributed by atoms with Crippen LogP contribution in [0.2, 0.25) is 0 Å². The molecule has 1 saturated heterocycles. The molecule has 5 nitrogen and oxygen atoms in total. The molecular weight excluding hydrogens is 302 g/mol. The lowest BCUT2D eigenvalue weighted by Crippen LogP contribution is -2.47. The van der Waals surface area contributed by atoms with Crippen molar-refractivity contribution in [3.05, 3.63) is 42.0 Å². The first-order valence-electron chi connectivity index (χ1n) is 8.72. The summed E-state index contributed by atoms with van der Waals surface area (Å²) in [5.41, 5.74) is 2.06. The van der Waals surface area contributed by atoms with Gasteiger partial charge in [-0.2, -0.15) is 0 Å². The average Bonchev–Trinajstić information content (AvgIpc) is 2.82. The minimum absolute atomic E-state index is 0.0432. The summed E-state index contributed by atoms with van der Waals surface area (Å²) in [5, 5.41) is 3.08. The number of fused-ring (bicyclic) bond motifs is 1. The van der Waals surface area contributed by atoms with Crippen molar-refractivity contribution < 1.29 is 9.59 Å². The molecule has 1 N–H and O–H groups in total. The molecule has 1 fully saturated rings. The SMILES string of the molecule is C=C1c2ccccc2C(=O)N1CC(=O)NC1CCN(CCC)CC1. The molecule has 128 valence electrons. The Kier molecular flexibility index (Phi) is 5.00. The van der Waals surface area contributed by atoms with Gasteiger partial charge in [-0.05, 0) is 31.9 Å². The van der Waals surface area contributed by atoms with Crippen molar-refractivity contribution in [3.63, 3.8) is 0 Å². The van der Waals surface area contributed by atoms with Crippen molar-refractivity contribution in [1.82, 2.24) is 15.1 Å². The van der Waals surface area contributed by atoms with Crippen LogP contribution in [0.4, 0.5) is 0 Å². The van der Waals surface area contributed by atoms with Gasteiger partial charge in [0.25, 0.3) is 5.91 Å². The van der Waals surface area contributed by atoms with E-state index in [1.807, 2.05) is 18.2 Å². The number of hydrogen-bond donors (Lipinski definition) is 1. The molecule has 0 aliphatic carbocycles. The predicted octanol–water partition coefficient (Wildman–Crippen LogP) is 2.10. The Balaban J connectivity index is 1.53. The molecular formula is C19H25N3O2. The zero-order chi connectivity index (χ0) is 17.1. The minimum atomic E-state index is -0.136. The third-order valence-electron chi connectivity index (χ3n) is 4.83. The van der Waals surface area contributed by atoms with Crippen molar-refractivity contribution in [3.8, 4) is 0 Å². The Bertz CT molecular complexity index is 613. The Morgan fingerprint density at radius 1 is 1.25 bits per heavy atom. The second kappa shape index (κ2) is 7.18. The number of rotatable bonds is 5. The molecule has 2 heterocycles. The number of amides is 2. The molecule has 2 amide bonds. The lowest BCUT2D eigenvalue weighted by Gasteiger charge is -2.32. The van der Waals surface area contributed by atoms with E-state index in [-0.39, 0.29) is 24.4 Å². The zero-order valence-electron chi connectivity index (χ0n) is 14.3.